The summed E-state index contributed by atoms with van der Waals surface area (Å²) < 4.78 is 11.6. The number of carbonyl (C=O) groups excluding carboxylic acids is 1. The van der Waals surface area contributed by atoms with Crippen LogP contribution in [0, 0.1) is 0 Å². The molecular formula is C21H29N3O4S. The Labute approximate surface area is 175 Å². The first-order chi connectivity index (χ1) is 13.6. The van der Waals surface area contributed by atoms with Gasteiger partial charge in [0.2, 0.25) is 0 Å². The van der Waals surface area contributed by atoms with Crippen LogP contribution in [0.2, 0.25) is 0 Å². The van der Waals surface area contributed by atoms with Gasteiger partial charge in [-0.1, -0.05) is 30.3 Å². The van der Waals surface area contributed by atoms with Crippen molar-refractivity contribution in [2.45, 2.75) is 64.6 Å². The number of hydrogen-bond donors (Lipinski definition) is 1. The monoisotopic (exact) mass is 419 g/mol. The van der Waals surface area contributed by atoms with Gasteiger partial charge in [0.05, 0.1) is 12.6 Å². The van der Waals surface area contributed by atoms with Crippen LogP contribution in [0.4, 0.5) is 4.79 Å². The molecule has 2 atom stereocenters. The molecule has 0 aliphatic carbocycles. The average Bonchev–Trinajstić information content (AvgIpc) is 3.23. The molecule has 1 fully saturated rings. The third kappa shape index (κ3) is 5.14. The van der Waals surface area contributed by atoms with Crippen molar-refractivity contribution in [3.63, 3.8) is 0 Å². The van der Waals surface area contributed by atoms with Crippen molar-refractivity contribution in [2.24, 2.45) is 0 Å². The SMILES string of the molecule is CC(C)(C)OC(=O)N1[C@@H]([C@@H](c2nccs2)N(O)Cc2ccccc2)COC1(C)C. The minimum absolute atomic E-state index is 0.266. The van der Waals surface area contributed by atoms with E-state index < -0.39 is 29.5 Å². The van der Waals surface area contributed by atoms with Crippen LogP contribution in [-0.2, 0) is 16.0 Å². The fraction of sp³-hybridized carbons (Fsp3) is 0.524. The standard InChI is InChI=1S/C21H29N3O4S/c1-20(2,3)28-19(25)24-16(14-27-21(24,4)5)17(18-22-11-12-29-18)23(26)13-15-9-7-6-8-10-15/h6-12,16-17,26H,13-14H2,1-5H3/t16-,17+/m1/s1. The van der Waals surface area contributed by atoms with E-state index in [0.717, 1.165) is 5.56 Å². The smallest absolute Gasteiger partial charge is 0.412 e. The van der Waals surface area contributed by atoms with Crippen LogP contribution in [0.15, 0.2) is 41.9 Å². The van der Waals surface area contributed by atoms with E-state index >= 15 is 0 Å². The zero-order valence-corrected chi connectivity index (χ0v) is 18.3. The van der Waals surface area contributed by atoms with Gasteiger partial charge in [-0.05, 0) is 40.2 Å². The fourth-order valence-electron chi connectivity index (χ4n) is 3.47. The molecule has 8 heteroatoms. The van der Waals surface area contributed by atoms with Crippen LogP contribution in [0.1, 0.15) is 51.2 Å². The fourth-order valence-corrected chi connectivity index (χ4v) is 4.27. The van der Waals surface area contributed by atoms with Crippen LogP contribution in [-0.4, -0.2) is 50.2 Å². The molecular weight excluding hydrogens is 390 g/mol. The molecule has 0 bridgehead atoms. The lowest BCUT2D eigenvalue weighted by Gasteiger charge is -2.39. The molecule has 0 unspecified atom stereocenters. The van der Waals surface area contributed by atoms with Crippen LogP contribution in [0.5, 0.6) is 0 Å². The second kappa shape index (κ2) is 8.39. The predicted molar refractivity (Wildman–Crippen MR) is 111 cm³/mol. The molecule has 1 saturated heterocycles. The summed E-state index contributed by atoms with van der Waals surface area (Å²) in [5, 5.41) is 14.9. The normalized spacial score (nSPS) is 20.1. The molecule has 29 heavy (non-hydrogen) atoms. The van der Waals surface area contributed by atoms with E-state index in [2.05, 4.69) is 4.98 Å². The van der Waals surface area contributed by atoms with Crippen LogP contribution >= 0.6 is 11.3 Å². The Kier molecular flexibility index (Phi) is 6.28. The molecule has 1 aromatic heterocycles. The topological polar surface area (TPSA) is 75.1 Å². The van der Waals surface area contributed by atoms with Gasteiger partial charge in [-0.25, -0.2) is 9.78 Å². The number of benzene rings is 1. The first kappa shape index (κ1) is 21.7. The number of nitrogens with zero attached hydrogens (tertiary/aromatic N) is 3. The second-order valence-electron chi connectivity index (χ2n) is 8.57. The second-order valence-corrected chi connectivity index (χ2v) is 9.50. The Hall–Kier alpha value is -2.00. The first-order valence-electron chi connectivity index (χ1n) is 9.63. The average molecular weight is 420 g/mol. The van der Waals surface area contributed by atoms with Crippen molar-refractivity contribution >= 4 is 17.4 Å². The van der Waals surface area contributed by atoms with Gasteiger partial charge >= 0.3 is 6.09 Å². The molecule has 0 radical (unpaired) electrons. The van der Waals surface area contributed by atoms with Gasteiger partial charge in [0.25, 0.3) is 0 Å². The van der Waals surface area contributed by atoms with E-state index in [9.17, 15) is 10.0 Å². The Morgan fingerprint density at radius 3 is 2.69 bits per heavy atom. The molecule has 158 valence electrons. The number of aromatic nitrogens is 1. The van der Waals surface area contributed by atoms with E-state index in [-0.39, 0.29) is 6.61 Å². The molecule has 1 aromatic carbocycles. The third-order valence-corrected chi connectivity index (χ3v) is 5.53. The molecule has 3 rings (SSSR count). The largest absolute Gasteiger partial charge is 0.444 e. The van der Waals surface area contributed by atoms with E-state index in [4.69, 9.17) is 9.47 Å². The van der Waals surface area contributed by atoms with Crippen LogP contribution in [0.25, 0.3) is 0 Å². The number of hydrogen-bond acceptors (Lipinski definition) is 7. The maximum absolute atomic E-state index is 13.0. The highest BCUT2D eigenvalue weighted by Crippen LogP contribution is 2.38. The molecule has 0 saturated carbocycles. The van der Waals surface area contributed by atoms with E-state index in [1.165, 1.54) is 16.4 Å². The van der Waals surface area contributed by atoms with Crippen molar-refractivity contribution in [3.8, 4) is 0 Å². The maximum Gasteiger partial charge on any atom is 0.412 e. The van der Waals surface area contributed by atoms with Gasteiger partial charge in [-0.2, -0.15) is 5.06 Å². The lowest BCUT2D eigenvalue weighted by Crippen LogP contribution is -2.53. The highest BCUT2D eigenvalue weighted by Gasteiger charge is 2.51. The van der Waals surface area contributed by atoms with E-state index in [0.29, 0.717) is 11.6 Å². The molecule has 7 nitrogen and oxygen atoms in total. The van der Waals surface area contributed by atoms with Crippen LogP contribution in [0.3, 0.4) is 0 Å². The Balaban J connectivity index is 1.92. The highest BCUT2D eigenvalue weighted by molar-refractivity contribution is 7.09. The molecule has 0 spiro atoms. The summed E-state index contributed by atoms with van der Waals surface area (Å²) in [6.45, 7) is 9.71. The number of hydroxylamine groups is 2. The molecule has 1 N–H and O–H groups in total. The number of amides is 1. The van der Waals surface area contributed by atoms with Gasteiger partial charge in [0.1, 0.15) is 22.4 Å². The van der Waals surface area contributed by atoms with Crippen molar-refractivity contribution in [1.82, 2.24) is 14.9 Å². The van der Waals surface area contributed by atoms with Gasteiger partial charge < -0.3 is 14.7 Å². The molecule has 1 amide bonds. The van der Waals surface area contributed by atoms with Crippen molar-refractivity contribution in [2.75, 3.05) is 6.61 Å². The van der Waals surface area contributed by atoms with Crippen molar-refractivity contribution in [3.05, 3.63) is 52.5 Å². The lowest BCUT2D eigenvalue weighted by molar-refractivity contribution is -0.154. The summed E-state index contributed by atoms with van der Waals surface area (Å²) in [5.41, 5.74) is -0.547. The van der Waals surface area contributed by atoms with Gasteiger partial charge in [0, 0.05) is 18.1 Å². The summed E-state index contributed by atoms with van der Waals surface area (Å²) in [5.74, 6) is 0. The minimum Gasteiger partial charge on any atom is -0.444 e. The first-order valence-corrected chi connectivity index (χ1v) is 10.5. The quantitative estimate of drug-likeness (QED) is 0.722. The summed E-state index contributed by atoms with van der Waals surface area (Å²) in [4.78, 5) is 19.1. The number of ether oxygens (including phenoxy) is 2. The Bertz CT molecular complexity index is 805. The van der Waals surface area contributed by atoms with E-state index in [1.807, 2.05) is 70.3 Å². The van der Waals surface area contributed by atoms with Gasteiger partial charge in [0.15, 0.2) is 0 Å². The summed E-state index contributed by atoms with van der Waals surface area (Å²) in [7, 11) is 0. The molecule has 1 aliphatic rings. The number of rotatable bonds is 5. The minimum atomic E-state index is -0.865. The van der Waals surface area contributed by atoms with Crippen molar-refractivity contribution in [1.29, 1.82) is 0 Å². The predicted octanol–water partition coefficient (Wildman–Crippen LogP) is 4.45. The lowest BCUT2D eigenvalue weighted by atomic mass is 10.1. The van der Waals surface area contributed by atoms with E-state index in [1.54, 1.807) is 11.1 Å². The summed E-state index contributed by atoms with van der Waals surface area (Å²) in [6, 6.07) is 8.67. The van der Waals surface area contributed by atoms with Gasteiger partial charge in [-0.3, -0.25) is 4.90 Å². The van der Waals surface area contributed by atoms with Crippen LogP contribution < -0.4 is 0 Å². The highest BCUT2D eigenvalue weighted by atomic mass is 32.1. The number of carbonyl (C=O) groups is 1. The Morgan fingerprint density at radius 2 is 2.10 bits per heavy atom. The zero-order chi connectivity index (χ0) is 21.2. The van der Waals surface area contributed by atoms with Gasteiger partial charge in [-0.15, -0.1) is 11.3 Å². The third-order valence-electron chi connectivity index (χ3n) is 4.69. The Morgan fingerprint density at radius 1 is 1.41 bits per heavy atom. The van der Waals surface area contributed by atoms with Crippen molar-refractivity contribution < 1.29 is 19.5 Å². The molecule has 2 heterocycles. The maximum atomic E-state index is 13.0. The number of thiazole rings is 1. The zero-order valence-electron chi connectivity index (χ0n) is 17.5. The summed E-state index contributed by atoms with van der Waals surface area (Å²) in [6.07, 6.45) is 1.22. The molecule has 2 aromatic rings. The molecule has 1 aliphatic heterocycles. The summed E-state index contributed by atoms with van der Waals surface area (Å²) >= 11 is 1.44.